The summed E-state index contributed by atoms with van der Waals surface area (Å²) < 4.78 is 0. The van der Waals surface area contributed by atoms with E-state index in [0.29, 0.717) is 23.6 Å². The molecule has 1 aliphatic rings. The summed E-state index contributed by atoms with van der Waals surface area (Å²) in [5, 5.41) is 8.69. The van der Waals surface area contributed by atoms with Crippen molar-refractivity contribution in [3.63, 3.8) is 0 Å². The van der Waals surface area contributed by atoms with Crippen LogP contribution in [0.3, 0.4) is 0 Å². The Kier molecular flexibility index (Phi) is 3.40. The number of hydrogen-bond donors (Lipinski definition) is 1. The largest absolute Gasteiger partial charge is 0.338 e. The van der Waals surface area contributed by atoms with Crippen molar-refractivity contribution >= 4 is 5.91 Å². The van der Waals surface area contributed by atoms with Gasteiger partial charge in [0.15, 0.2) is 0 Å². The Balaban J connectivity index is 2.07. The molecular weight excluding hydrogens is 214 g/mol. The molecule has 0 spiro atoms. The highest BCUT2D eigenvalue weighted by molar-refractivity contribution is 5.94. The van der Waals surface area contributed by atoms with Crippen LogP contribution in [0.15, 0.2) is 24.3 Å². The molecular formula is C13H15N3O. The van der Waals surface area contributed by atoms with Crippen molar-refractivity contribution in [2.75, 3.05) is 19.6 Å². The Morgan fingerprint density at radius 2 is 2.18 bits per heavy atom. The summed E-state index contributed by atoms with van der Waals surface area (Å²) >= 11 is 0. The molecule has 1 fully saturated rings. The summed E-state index contributed by atoms with van der Waals surface area (Å²) in [4.78, 5) is 13.9. The van der Waals surface area contributed by atoms with E-state index in [2.05, 4.69) is 0 Å². The second-order valence-corrected chi connectivity index (χ2v) is 4.33. The molecule has 0 radical (unpaired) electrons. The molecule has 1 atom stereocenters. The molecule has 1 amide bonds. The zero-order chi connectivity index (χ0) is 12.3. The normalized spacial score (nSPS) is 19.1. The number of amides is 1. The van der Waals surface area contributed by atoms with Gasteiger partial charge in [0, 0.05) is 18.7 Å². The van der Waals surface area contributed by atoms with Crippen LogP contribution in [0.4, 0.5) is 0 Å². The van der Waals surface area contributed by atoms with Crippen LogP contribution >= 0.6 is 0 Å². The van der Waals surface area contributed by atoms with Gasteiger partial charge in [0.2, 0.25) is 0 Å². The van der Waals surface area contributed by atoms with E-state index >= 15 is 0 Å². The van der Waals surface area contributed by atoms with Crippen LogP contribution in [-0.2, 0) is 0 Å². The van der Waals surface area contributed by atoms with Crippen LogP contribution in [-0.4, -0.2) is 30.4 Å². The Hall–Kier alpha value is -1.86. The molecule has 1 heterocycles. The molecule has 1 aromatic carbocycles. The third-order valence-electron chi connectivity index (χ3n) is 3.17. The van der Waals surface area contributed by atoms with Gasteiger partial charge in [-0.2, -0.15) is 5.26 Å². The molecule has 17 heavy (non-hydrogen) atoms. The van der Waals surface area contributed by atoms with Crippen LogP contribution < -0.4 is 5.73 Å². The molecule has 0 aromatic heterocycles. The van der Waals surface area contributed by atoms with Gasteiger partial charge in [-0.25, -0.2) is 0 Å². The molecule has 88 valence electrons. The summed E-state index contributed by atoms with van der Waals surface area (Å²) in [6.45, 7) is 2.16. The third kappa shape index (κ3) is 2.45. The molecule has 4 nitrogen and oxygen atoms in total. The molecule has 0 aliphatic carbocycles. The summed E-state index contributed by atoms with van der Waals surface area (Å²) in [5.74, 6) is 0.461. The van der Waals surface area contributed by atoms with E-state index in [-0.39, 0.29) is 5.91 Å². The predicted octanol–water partition coefficient (Wildman–Crippen LogP) is 0.979. The highest BCUT2D eigenvalue weighted by Crippen LogP contribution is 2.17. The van der Waals surface area contributed by atoms with Gasteiger partial charge >= 0.3 is 0 Å². The second kappa shape index (κ2) is 4.98. The minimum Gasteiger partial charge on any atom is -0.338 e. The van der Waals surface area contributed by atoms with Gasteiger partial charge in [-0.3, -0.25) is 4.79 Å². The zero-order valence-corrected chi connectivity index (χ0v) is 9.60. The number of carbonyl (C=O) groups excluding carboxylic acids is 1. The van der Waals surface area contributed by atoms with Crippen LogP contribution in [0.2, 0.25) is 0 Å². The fourth-order valence-corrected chi connectivity index (χ4v) is 2.08. The lowest BCUT2D eigenvalue weighted by molar-refractivity contribution is 0.0787. The minimum atomic E-state index is 0.0328. The average molecular weight is 229 g/mol. The number of rotatable bonds is 2. The number of benzene rings is 1. The average Bonchev–Trinajstić information content (AvgIpc) is 2.87. The van der Waals surface area contributed by atoms with Gasteiger partial charge in [-0.05, 0) is 43.1 Å². The molecule has 1 unspecified atom stereocenters. The maximum absolute atomic E-state index is 12.1. The van der Waals surface area contributed by atoms with Crippen LogP contribution in [0.25, 0.3) is 0 Å². The number of likely N-dealkylation sites (tertiary alicyclic amines) is 1. The first-order valence-corrected chi connectivity index (χ1v) is 5.74. The Morgan fingerprint density at radius 1 is 1.47 bits per heavy atom. The van der Waals surface area contributed by atoms with Crippen LogP contribution in [0, 0.1) is 17.2 Å². The van der Waals surface area contributed by atoms with E-state index in [0.717, 1.165) is 19.5 Å². The SMILES string of the molecule is N#Cc1ccc(C(=O)N2CCC(CN)C2)cc1. The van der Waals surface area contributed by atoms with Crippen LogP contribution in [0.5, 0.6) is 0 Å². The Morgan fingerprint density at radius 3 is 2.71 bits per heavy atom. The second-order valence-electron chi connectivity index (χ2n) is 4.33. The molecule has 1 aliphatic heterocycles. The van der Waals surface area contributed by atoms with Crippen molar-refractivity contribution in [1.29, 1.82) is 5.26 Å². The van der Waals surface area contributed by atoms with Crippen molar-refractivity contribution in [2.45, 2.75) is 6.42 Å². The highest BCUT2D eigenvalue weighted by Gasteiger charge is 2.25. The van der Waals surface area contributed by atoms with Crippen molar-refractivity contribution in [3.8, 4) is 6.07 Å². The lowest BCUT2D eigenvalue weighted by atomic mass is 10.1. The summed E-state index contributed by atoms with van der Waals surface area (Å²) in [7, 11) is 0. The van der Waals surface area contributed by atoms with Gasteiger partial charge in [0.1, 0.15) is 0 Å². The zero-order valence-electron chi connectivity index (χ0n) is 9.60. The first-order chi connectivity index (χ1) is 8.24. The fourth-order valence-electron chi connectivity index (χ4n) is 2.08. The van der Waals surface area contributed by atoms with E-state index < -0.39 is 0 Å². The van der Waals surface area contributed by atoms with Crippen molar-refractivity contribution in [2.24, 2.45) is 11.7 Å². The number of nitrogens with two attached hydrogens (primary N) is 1. The number of hydrogen-bond acceptors (Lipinski definition) is 3. The molecule has 1 aromatic rings. The first kappa shape index (κ1) is 11.6. The van der Waals surface area contributed by atoms with Gasteiger partial charge in [0.25, 0.3) is 5.91 Å². The van der Waals surface area contributed by atoms with Crippen molar-refractivity contribution in [1.82, 2.24) is 4.90 Å². The molecule has 0 bridgehead atoms. The van der Waals surface area contributed by atoms with E-state index in [4.69, 9.17) is 11.0 Å². The number of nitriles is 1. The van der Waals surface area contributed by atoms with Gasteiger partial charge in [0.05, 0.1) is 11.6 Å². The van der Waals surface area contributed by atoms with E-state index in [1.54, 1.807) is 24.3 Å². The lowest BCUT2D eigenvalue weighted by Gasteiger charge is -2.16. The monoisotopic (exact) mass is 229 g/mol. The van der Waals surface area contributed by atoms with Gasteiger partial charge in [-0.15, -0.1) is 0 Å². The maximum Gasteiger partial charge on any atom is 0.253 e. The van der Waals surface area contributed by atoms with Crippen molar-refractivity contribution < 1.29 is 4.79 Å². The summed E-state index contributed by atoms with van der Waals surface area (Å²) in [6, 6.07) is 8.79. The standard InChI is InChI=1S/C13H15N3O/c14-7-10-1-3-12(4-2-10)13(17)16-6-5-11(8-15)9-16/h1-4,11H,5-6,8-9,15H2. The van der Waals surface area contributed by atoms with Crippen LogP contribution in [0.1, 0.15) is 22.3 Å². The quantitative estimate of drug-likeness (QED) is 0.821. The van der Waals surface area contributed by atoms with Gasteiger partial charge < -0.3 is 10.6 Å². The number of carbonyl (C=O) groups is 1. The van der Waals surface area contributed by atoms with Crippen molar-refractivity contribution in [3.05, 3.63) is 35.4 Å². The Labute approximate surface area is 101 Å². The maximum atomic E-state index is 12.1. The molecule has 2 N–H and O–H groups in total. The smallest absolute Gasteiger partial charge is 0.253 e. The lowest BCUT2D eigenvalue weighted by Crippen LogP contribution is -2.29. The van der Waals surface area contributed by atoms with E-state index in [1.165, 1.54) is 0 Å². The third-order valence-corrected chi connectivity index (χ3v) is 3.17. The van der Waals surface area contributed by atoms with E-state index in [9.17, 15) is 4.79 Å². The topological polar surface area (TPSA) is 70.1 Å². The summed E-state index contributed by atoms with van der Waals surface area (Å²) in [6.07, 6.45) is 0.985. The fraction of sp³-hybridized carbons (Fsp3) is 0.385. The molecule has 4 heteroatoms. The molecule has 2 rings (SSSR count). The van der Waals surface area contributed by atoms with E-state index in [1.807, 2.05) is 11.0 Å². The van der Waals surface area contributed by atoms with Gasteiger partial charge in [-0.1, -0.05) is 0 Å². The highest BCUT2D eigenvalue weighted by atomic mass is 16.2. The first-order valence-electron chi connectivity index (χ1n) is 5.74. The summed E-state index contributed by atoms with van der Waals surface area (Å²) in [5.41, 5.74) is 6.81. The predicted molar refractivity (Wildman–Crippen MR) is 64.2 cm³/mol. The molecule has 1 saturated heterocycles. The minimum absolute atomic E-state index is 0.0328. The number of nitrogens with zero attached hydrogens (tertiary/aromatic N) is 2. The Bertz CT molecular complexity index is 447. The molecule has 0 saturated carbocycles.